The van der Waals surface area contributed by atoms with E-state index in [9.17, 15) is 0 Å². The standard InChI is InChI=1S/C17H28N2O/c1-3-18-12-15-7-6-8-16(11-15)13-20-14-17-9-4-5-10-19(17)2/h6-8,11,17-18H,3-5,9-10,12-14H2,1-2H3. The van der Waals surface area contributed by atoms with Crippen molar-refractivity contribution < 1.29 is 4.74 Å². The van der Waals surface area contributed by atoms with Crippen LogP contribution in [-0.2, 0) is 17.9 Å². The van der Waals surface area contributed by atoms with Crippen LogP contribution in [0.1, 0.15) is 37.3 Å². The normalized spacial score (nSPS) is 20.2. The molecule has 3 heteroatoms. The number of nitrogens with zero attached hydrogens (tertiary/aromatic N) is 1. The lowest BCUT2D eigenvalue weighted by molar-refractivity contribution is 0.0444. The third-order valence-corrected chi connectivity index (χ3v) is 4.07. The van der Waals surface area contributed by atoms with Gasteiger partial charge in [0.2, 0.25) is 0 Å². The number of rotatable bonds is 7. The van der Waals surface area contributed by atoms with Crippen LogP contribution >= 0.6 is 0 Å². The van der Waals surface area contributed by atoms with Crippen molar-refractivity contribution >= 4 is 0 Å². The van der Waals surface area contributed by atoms with E-state index in [0.717, 1.165) is 26.3 Å². The molecule has 0 aliphatic carbocycles. The number of hydrogen-bond donors (Lipinski definition) is 1. The molecular weight excluding hydrogens is 248 g/mol. The number of benzene rings is 1. The average Bonchev–Trinajstić information content (AvgIpc) is 2.48. The van der Waals surface area contributed by atoms with Crippen molar-refractivity contribution in [1.82, 2.24) is 10.2 Å². The quantitative estimate of drug-likeness (QED) is 0.829. The number of likely N-dealkylation sites (N-methyl/N-ethyl adjacent to an activating group) is 1. The van der Waals surface area contributed by atoms with E-state index in [2.05, 4.69) is 48.5 Å². The van der Waals surface area contributed by atoms with Gasteiger partial charge in [-0.2, -0.15) is 0 Å². The second-order valence-electron chi connectivity index (χ2n) is 5.75. The van der Waals surface area contributed by atoms with Gasteiger partial charge in [0.1, 0.15) is 0 Å². The number of ether oxygens (including phenoxy) is 1. The van der Waals surface area contributed by atoms with Gasteiger partial charge >= 0.3 is 0 Å². The van der Waals surface area contributed by atoms with Crippen LogP contribution in [0.15, 0.2) is 24.3 Å². The second kappa shape index (κ2) is 8.40. The molecule has 0 saturated carbocycles. The van der Waals surface area contributed by atoms with E-state index < -0.39 is 0 Å². The zero-order valence-electron chi connectivity index (χ0n) is 12.9. The lowest BCUT2D eigenvalue weighted by Gasteiger charge is -2.32. The summed E-state index contributed by atoms with van der Waals surface area (Å²) < 4.78 is 5.93. The molecule has 0 amide bonds. The van der Waals surface area contributed by atoms with E-state index in [4.69, 9.17) is 4.74 Å². The Bertz CT molecular complexity index is 394. The van der Waals surface area contributed by atoms with Gasteiger partial charge < -0.3 is 15.0 Å². The molecule has 1 aliphatic rings. The van der Waals surface area contributed by atoms with Crippen LogP contribution in [0.5, 0.6) is 0 Å². The molecule has 0 aromatic heterocycles. The van der Waals surface area contributed by atoms with Crippen molar-refractivity contribution in [2.45, 2.75) is 45.4 Å². The van der Waals surface area contributed by atoms with Gasteiger partial charge in [-0.15, -0.1) is 0 Å². The molecule has 1 N–H and O–H groups in total. The molecule has 20 heavy (non-hydrogen) atoms. The summed E-state index contributed by atoms with van der Waals surface area (Å²) in [6, 6.07) is 9.29. The zero-order chi connectivity index (χ0) is 14.2. The monoisotopic (exact) mass is 276 g/mol. The van der Waals surface area contributed by atoms with Crippen molar-refractivity contribution in [2.24, 2.45) is 0 Å². The molecule has 1 atom stereocenters. The van der Waals surface area contributed by atoms with Gasteiger partial charge in [-0.3, -0.25) is 0 Å². The highest BCUT2D eigenvalue weighted by atomic mass is 16.5. The predicted octanol–water partition coefficient (Wildman–Crippen LogP) is 2.80. The Labute approximate surface area is 123 Å². The van der Waals surface area contributed by atoms with E-state index in [1.165, 1.54) is 36.9 Å². The zero-order valence-corrected chi connectivity index (χ0v) is 12.9. The Hall–Kier alpha value is -0.900. The van der Waals surface area contributed by atoms with Crippen LogP contribution in [-0.4, -0.2) is 37.7 Å². The number of hydrogen-bond acceptors (Lipinski definition) is 3. The lowest BCUT2D eigenvalue weighted by atomic mass is 10.0. The summed E-state index contributed by atoms with van der Waals surface area (Å²) in [5, 5.41) is 3.36. The molecule has 0 spiro atoms. The van der Waals surface area contributed by atoms with E-state index in [1.807, 2.05) is 0 Å². The maximum absolute atomic E-state index is 5.93. The van der Waals surface area contributed by atoms with Crippen molar-refractivity contribution in [3.8, 4) is 0 Å². The molecule has 0 radical (unpaired) electrons. The molecular formula is C17H28N2O. The molecule has 1 saturated heterocycles. The summed E-state index contributed by atoms with van der Waals surface area (Å²) in [6.45, 7) is 6.88. The minimum atomic E-state index is 0.605. The largest absolute Gasteiger partial charge is 0.375 e. The number of likely N-dealkylation sites (tertiary alicyclic amines) is 1. The van der Waals surface area contributed by atoms with Crippen LogP contribution in [0, 0.1) is 0 Å². The summed E-state index contributed by atoms with van der Waals surface area (Å²) in [5.41, 5.74) is 2.61. The minimum Gasteiger partial charge on any atom is -0.375 e. The molecule has 1 aromatic rings. The first-order chi connectivity index (χ1) is 9.79. The fraction of sp³-hybridized carbons (Fsp3) is 0.647. The van der Waals surface area contributed by atoms with Gasteiger partial charge in [-0.25, -0.2) is 0 Å². The predicted molar refractivity (Wildman–Crippen MR) is 83.7 cm³/mol. The summed E-state index contributed by atoms with van der Waals surface area (Å²) in [5.74, 6) is 0. The molecule has 1 fully saturated rings. The summed E-state index contributed by atoms with van der Waals surface area (Å²) in [4.78, 5) is 2.44. The van der Waals surface area contributed by atoms with Crippen molar-refractivity contribution in [2.75, 3.05) is 26.7 Å². The molecule has 0 bridgehead atoms. The van der Waals surface area contributed by atoms with Gasteiger partial charge in [-0.1, -0.05) is 37.6 Å². The highest BCUT2D eigenvalue weighted by Crippen LogP contribution is 2.16. The molecule has 2 rings (SSSR count). The fourth-order valence-corrected chi connectivity index (χ4v) is 2.77. The van der Waals surface area contributed by atoms with E-state index >= 15 is 0 Å². The Kier molecular flexibility index (Phi) is 6.51. The van der Waals surface area contributed by atoms with E-state index in [0.29, 0.717) is 6.04 Å². The Morgan fingerprint density at radius 2 is 2.15 bits per heavy atom. The van der Waals surface area contributed by atoms with Gasteiger partial charge in [0.05, 0.1) is 13.2 Å². The van der Waals surface area contributed by atoms with Crippen LogP contribution in [0.4, 0.5) is 0 Å². The maximum atomic E-state index is 5.93. The van der Waals surface area contributed by atoms with Gasteiger partial charge in [0.25, 0.3) is 0 Å². The molecule has 1 aliphatic heterocycles. The highest BCUT2D eigenvalue weighted by Gasteiger charge is 2.18. The molecule has 1 heterocycles. The minimum absolute atomic E-state index is 0.605. The number of nitrogens with one attached hydrogen (secondary N) is 1. The fourth-order valence-electron chi connectivity index (χ4n) is 2.77. The topological polar surface area (TPSA) is 24.5 Å². The molecule has 1 unspecified atom stereocenters. The van der Waals surface area contributed by atoms with Crippen LogP contribution in [0.2, 0.25) is 0 Å². The van der Waals surface area contributed by atoms with Gasteiger partial charge in [0.15, 0.2) is 0 Å². The maximum Gasteiger partial charge on any atom is 0.0717 e. The first-order valence-corrected chi connectivity index (χ1v) is 7.86. The lowest BCUT2D eigenvalue weighted by Crippen LogP contribution is -2.39. The smallest absolute Gasteiger partial charge is 0.0717 e. The van der Waals surface area contributed by atoms with Crippen molar-refractivity contribution in [3.05, 3.63) is 35.4 Å². The highest BCUT2D eigenvalue weighted by molar-refractivity contribution is 5.22. The molecule has 112 valence electrons. The van der Waals surface area contributed by atoms with Crippen LogP contribution in [0.3, 0.4) is 0 Å². The first-order valence-electron chi connectivity index (χ1n) is 7.86. The molecule has 1 aromatic carbocycles. The van der Waals surface area contributed by atoms with E-state index in [-0.39, 0.29) is 0 Å². The third kappa shape index (κ3) is 4.89. The van der Waals surface area contributed by atoms with Crippen LogP contribution in [0.25, 0.3) is 0 Å². The Balaban J connectivity index is 1.75. The van der Waals surface area contributed by atoms with Crippen molar-refractivity contribution in [3.63, 3.8) is 0 Å². The summed E-state index contributed by atoms with van der Waals surface area (Å²) in [6.07, 6.45) is 3.95. The van der Waals surface area contributed by atoms with Gasteiger partial charge in [0, 0.05) is 12.6 Å². The van der Waals surface area contributed by atoms with E-state index in [1.54, 1.807) is 0 Å². The number of piperidine rings is 1. The Morgan fingerprint density at radius 1 is 1.30 bits per heavy atom. The molecule has 3 nitrogen and oxygen atoms in total. The second-order valence-corrected chi connectivity index (χ2v) is 5.75. The average molecular weight is 276 g/mol. The van der Waals surface area contributed by atoms with Crippen LogP contribution < -0.4 is 5.32 Å². The summed E-state index contributed by atoms with van der Waals surface area (Å²) in [7, 11) is 2.21. The van der Waals surface area contributed by atoms with Crippen molar-refractivity contribution in [1.29, 1.82) is 0 Å². The Morgan fingerprint density at radius 3 is 2.95 bits per heavy atom. The SMILES string of the molecule is CCNCc1cccc(COCC2CCCCN2C)c1. The first kappa shape index (κ1) is 15.5. The van der Waals surface area contributed by atoms with Gasteiger partial charge in [-0.05, 0) is 44.1 Å². The summed E-state index contributed by atoms with van der Waals surface area (Å²) >= 11 is 0. The third-order valence-electron chi connectivity index (χ3n) is 4.07.